The van der Waals surface area contributed by atoms with Crippen molar-refractivity contribution in [2.45, 2.75) is 77.2 Å². The molecule has 1 aromatic carbocycles. The summed E-state index contributed by atoms with van der Waals surface area (Å²) in [6, 6.07) is 6.71. The number of benzene rings is 1. The number of hydrogen-bond acceptors (Lipinski definition) is 3. The van der Waals surface area contributed by atoms with Crippen LogP contribution in [0.15, 0.2) is 41.3 Å². The highest BCUT2D eigenvalue weighted by atomic mass is 16.5. The molecule has 1 aromatic rings. The summed E-state index contributed by atoms with van der Waals surface area (Å²) in [5.74, 6) is 0.694. The van der Waals surface area contributed by atoms with E-state index in [-0.39, 0.29) is 16.5 Å². The molecule has 0 spiro atoms. The number of hydrogen-bond donors (Lipinski definition) is 0. The van der Waals surface area contributed by atoms with Gasteiger partial charge in [0, 0.05) is 25.2 Å². The van der Waals surface area contributed by atoms with E-state index in [1.54, 1.807) is 0 Å². The number of allylic oxidation sites excluding steroid dienone is 3. The molecule has 0 fully saturated rings. The molecule has 4 heteroatoms. The van der Waals surface area contributed by atoms with E-state index in [4.69, 9.17) is 11.3 Å². The Morgan fingerprint density at radius 3 is 2.19 bits per heavy atom. The Morgan fingerprint density at radius 1 is 1.06 bits per heavy atom. The van der Waals surface area contributed by atoms with Crippen LogP contribution in [-0.2, 0) is 15.6 Å². The molecule has 0 aliphatic carbocycles. The van der Waals surface area contributed by atoms with Crippen molar-refractivity contribution in [1.29, 1.82) is 5.26 Å². The molecule has 0 saturated carbocycles. The van der Waals surface area contributed by atoms with Crippen molar-refractivity contribution in [2.75, 3.05) is 18.0 Å². The molecule has 0 aromatic heterocycles. The molecule has 0 radical (unpaired) electrons. The van der Waals surface area contributed by atoms with Crippen LogP contribution in [0, 0.1) is 17.9 Å². The maximum atomic E-state index is 9.32. The first-order chi connectivity index (χ1) is 15.0. The lowest BCUT2D eigenvalue weighted by Crippen LogP contribution is -2.44. The summed E-state index contributed by atoms with van der Waals surface area (Å²) in [6.45, 7) is 23.0. The quantitative estimate of drug-likeness (QED) is 0.392. The van der Waals surface area contributed by atoms with Crippen molar-refractivity contribution in [3.8, 4) is 6.07 Å². The molecule has 4 nitrogen and oxygen atoms in total. The van der Waals surface area contributed by atoms with Gasteiger partial charge >= 0.3 is 0 Å². The molecule has 0 atom stereocenters. The van der Waals surface area contributed by atoms with E-state index < -0.39 is 5.60 Å². The van der Waals surface area contributed by atoms with Crippen LogP contribution in [0.2, 0.25) is 0 Å². The fourth-order valence-electron chi connectivity index (χ4n) is 5.21. The molecule has 166 valence electrons. The first-order valence-corrected chi connectivity index (χ1v) is 11.5. The number of nitrogens with zero attached hydrogens (tertiary/aromatic N) is 3. The van der Waals surface area contributed by atoms with Crippen LogP contribution in [0.3, 0.4) is 0 Å². The molecule has 0 amide bonds. The molecule has 3 heterocycles. The summed E-state index contributed by atoms with van der Waals surface area (Å²) in [6.07, 6.45) is 8.82. The second-order valence-electron chi connectivity index (χ2n) is 11.2. The number of rotatable bonds is 2. The molecule has 3 aliphatic rings. The highest BCUT2D eigenvalue weighted by Crippen LogP contribution is 2.49. The molecular weight excluding hydrogens is 394 g/mol. The Balaban J connectivity index is 1.79. The lowest BCUT2D eigenvalue weighted by Gasteiger charge is -2.48. The Morgan fingerprint density at radius 2 is 1.66 bits per heavy atom. The Bertz CT molecular complexity index is 1080. The van der Waals surface area contributed by atoms with Gasteiger partial charge in [0.1, 0.15) is 11.4 Å². The van der Waals surface area contributed by atoms with Gasteiger partial charge in [-0.1, -0.05) is 33.8 Å². The largest absolute Gasteiger partial charge is 0.488 e. The Labute approximate surface area is 192 Å². The zero-order chi connectivity index (χ0) is 23.3. The smallest absolute Gasteiger partial charge is 0.265 e. The lowest BCUT2D eigenvalue weighted by molar-refractivity contribution is 0.0356. The first kappa shape index (κ1) is 22.2. The minimum absolute atomic E-state index is 0.147. The number of nitriles is 1. The molecular formula is C28H33N3O. The van der Waals surface area contributed by atoms with Crippen molar-refractivity contribution in [3.63, 3.8) is 0 Å². The normalized spacial score (nSPS) is 24.0. The monoisotopic (exact) mass is 427 g/mol. The first-order valence-electron chi connectivity index (χ1n) is 11.5. The third kappa shape index (κ3) is 3.95. The van der Waals surface area contributed by atoms with Crippen LogP contribution < -0.4 is 4.90 Å². The average Bonchev–Trinajstić information content (AvgIpc) is 2.71. The summed E-state index contributed by atoms with van der Waals surface area (Å²) >= 11 is 0. The van der Waals surface area contributed by atoms with Gasteiger partial charge in [0.15, 0.2) is 0 Å². The van der Waals surface area contributed by atoms with Crippen molar-refractivity contribution in [1.82, 2.24) is 0 Å². The van der Waals surface area contributed by atoms with Crippen molar-refractivity contribution < 1.29 is 4.74 Å². The fourth-order valence-corrected chi connectivity index (χ4v) is 5.21. The van der Waals surface area contributed by atoms with E-state index in [0.717, 1.165) is 31.5 Å². The van der Waals surface area contributed by atoms with Gasteiger partial charge in [0.25, 0.3) is 5.70 Å². The average molecular weight is 428 g/mol. The van der Waals surface area contributed by atoms with E-state index in [2.05, 4.69) is 55.6 Å². The molecule has 32 heavy (non-hydrogen) atoms. The maximum Gasteiger partial charge on any atom is 0.265 e. The van der Waals surface area contributed by atoms with Gasteiger partial charge in [0.2, 0.25) is 0 Å². The minimum Gasteiger partial charge on any atom is -0.488 e. The van der Waals surface area contributed by atoms with Crippen LogP contribution in [0.5, 0.6) is 0 Å². The third-order valence-corrected chi connectivity index (χ3v) is 7.21. The Kier molecular flexibility index (Phi) is 5.25. The van der Waals surface area contributed by atoms with Gasteiger partial charge in [-0.25, -0.2) is 10.1 Å². The van der Waals surface area contributed by atoms with E-state index >= 15 is 0 Å². The topological polar surface area (TPSA) is 40.6 Å². The summed E-state index contributed by atoms with van der Waals surface area (Å²) < 4.78 is 6.16. The van der Waals surface area contributed by atoms with Crippen LogP contribution in [-0.4, -0.2) is 18.7 Å². The second kappa shape index (κ2) is 7.56. The Hall–Kier alpha value is -2.98. The molecule has 3 aliphatic heterocycles. The number of ether oxygens (including phenoxy) is 1. The highest BCUT2D eigenvalue weighted by Gasteiger charge is 2.39. The van der Waals surface area contributed by atoms with Gasteiger partial charge in [-0.2, -0.15) is 0 Å². The SMILES string of the molecule is [C-]#[N+]C(C#N)=C1C=C(C=Cc2cc3c4c(c2)C(C)(C)CCN4CCC3(C)C)OC(C)(C)C1. The molecule has 0 bridgehead atoms. The van der Waals surface area contributed by atoms with Crippen molar-refractivity contribution in [3.05, 3.63) is 69.4 Å². The van der Waals surface area contributed by atoms with Crippen molar-refractivity contribution in [2.24, 2.45) is 0 Å². The van der Waals surface area contributed by atoms with E-state index in [9.17, 15) is 5.26 Å². The number of anilines is 1. The minimum atomic E-state index is -0.455. The molecule has 0 saturated heterocycles. The van der Waals surface area contributed by atoms with Gasteiger partial charge in [-0.3, -0.25) is 0 Å². The van der Waals surface area contributed by atoms with Crippen LogP contribution >= 0.6 is 0 Å². The van der Waals surface area contributed by atoms with Crippen LogP contribution in [0.25, 0.3) is 10.9 Å². The van der Waals surface area contributed by atoms with E-state index in [0.29, 0.717) is 12.2 Å². The fraction of sp³-hybridized carbons (Fsp3) is 0.500. The summed E-state index contributed by atoms with van der Waals surface area (Å²) in [5.41, 5.74) is 6.23. The zero-order valence-electron chi connectivity index (χ0n) is 20.2. The van der Waals surface area contributed by atoms with Gasteiger partial charge < -0.3 is 9.64 Å². The van der Waals surface area contributed by atoms with Crippen molar-refractivity contribution >= 4 is 11.8 Å². The van der Waals surface area contributed by atoms with E-state index in [1.807, 2.05) is 32.1 Å². The summed E-state index contributed by atoms with van der Waals surface area (Å²) in [7, 11) is 0. The summed E-state index contributed by atoms with van der Waals surface area (Å²) in [4.78, 5) is 5.98. The molecule has 0 N–H and O–H groups in total. The second-order valence-corrected chi connectivity index (χ2v) is 11.2. The predicted octanol–water partition coefficient (Wildman–Crippen LogP) is 6.65. The van der Waals surface area contributed by atoms with Crippen LogP contribution in [0.1, 0.15) is 77.5 Å². The van der Waals surface area contributed by atoms with Gasteiger partial charge in [0.05, 0.1) is 12.6 Å². The van der Waals surface area contributed by atoms with Gasteiger partial charge in [-0.15, -0.1) is 0 Å². The standard InChI is InChI=1S/C28H33N3O/c1-26(2)10-12-31-13-11-27(3,4)23-15-19(14-22(26)25(23)31)8-9-21-16-20(24(18-29)30-7)17-28(5,6)32-21/h8-9,14-16H,10-13,17H2,1-6H3. The zero-order valence-corrected chi connectivity index (χ0v) is 20.2. The lowest BCUT2D eigenvalue weighted by atomic mass is 9.69. The molecule has 0 unspecified atom stereocenters. The molecule has 4 rings (SSSR count). The summed E-state index contributed by atoms with van der Waals surface area (Å²) in [5, 5.41) is 9.32. The van der Waals surface area contributed by atoms with Crippen LogP contribution in [0.4, 0.5) is 5.69 Å². The van der Waals surface area contributed by atoms with E-state index in [1.165, 1.54) is 22.4 Å². The third-order valence-electron chi connectivity index (χ3n) is 7.21. The highest BCUT2D eigenvalue weighted by molar-refractivity contribution is 5.72. The van der Waals surface area contributed by atoms with Gasteiger partial charge in [-0.05, 0) is 84.1 Å². The maximum absolute atomic E-state index is 9.32. The predicted molar refractivity (Wildman–Crippen MR) is 130 cm³/mol.